The molecule has 0 saturated heterocycles. The summed E-state index contributed by atoms with van der Waals surface area (Å²) in [5, 5.41) is 1.51. The van der Waals surface area contributed by atoms with Crippen molar-refractivity contribution in [1.29, 1.82) is 0 Å². The zero-order chi connectivity index (χ0) is 12.3. The van der Waals surface area contributed by atoms with E-state index in [0.717, 1.165) is 10.9 Å². The monoisotopic (exact) mass is 258 g/mol. The average molecular weight is 258 g/mol. The molecule has 2 heteroatoms. The third kappa shape index (κ3) is 3.02. The normalized spacial score (nSPS) is 11.5. The van der Waals surface area contributed by atoms with Crippen molar-refractivity contribution in [1.82, 2.24) is 0 Å². The zero-order valence-electron chi connectivity index (χ0n) is 10.4. The van der Waals surface area contributed by atoms with Crippen molar-refractivity contribution in [3.8, 4) is 0 Å². The highest BCUT2D eigenvalue weighted by Gasteiger charge is 2.24. The molecule has 0 bridgehead atoms. The molecule has 88 valence electrons. The van der Waals surface area contributed by atoms with Crippen molar-refractivity contribution < 1.29 is 0 Å². The van der Waals surface area contributed by atoms with Crippen LogP contribution >= 0.6 is 12.6 Å². The molecule has 0 spiro atoms. The first-order valence-electron chi connectivity index (χ1n) is 5.92. The fourth-order valence-corrected chi connectivity index (χ4v) is 5.08. The first-order valence-corrected chi connectivity index (χ1v) is 9.57. The van der Waals surface area contributed by atoms with Gasteiger partial charge in [-0.15, -0.1) is 12.6 Å². The summed E-state index contributed by atoms with van der Waals surface area (Å²) in [6.45, 7) is 4.84. The van der Waals surface area contributed by atoms with Crippen LogP contribution in [0.15, 0.2) is 59.5 Å². The number of hydrogen-bond donors (Lipinski definition) is 1. The van der Waals surface area contributed by atoms with Crippen LogP contribution in [0.4, 0.5) is 0 Å². The Morgan fingerprint density at radius 3 is 2.12 bits per heavy atom. The number of benzene rings is 2. The van der Waals surface area contributed by atoms with Crippen molar-refractivity contribution in [2.24, 2.45) is 0 Å². The van der Waals surface area contributed by atoms with Gasteiger partial charge in [0.15, 0.2) is 0 Å². The summed E-state index contributed by atoms with van der Waals surface area (Å²) in [4.78, 5) is 1.11. The number of rotatable bonds is 3. The van der Waals surface area contributed by atoms with E-state index >= 15 is 0 Å². The molecule has 2 aromatic rings. The lowest BCUT2D eigenvalue weighted by molar-refractivity contribution is 1.22. The lowest BCUT2D eigenvalue weighted by Crippen LogP contribution is -2.43. The Kier molecular flexibility index (Phi) is 3.75. The topological polar surface area (TPSA) is 0 Å². The highest BCUT2D eigenvalue weighted by molar-refractivity contribution is 7.80. The Balaban J connectivity index is 2.27. The van der Waals surface area contributed by atoms with Crippen LogP contribution in [-0.2, 0) is 6.04 Å². The van der Waals surface area contributed by atoms with Crippen LogP contribution in [0.1, 0.15) is 5.56 Å². The first kappa shape index (κ1) is 12.5. The Morgan fingerprint density at radius 1 is 0.882 bits per heavy atom. The third-order valence-corrected chi connectivity index (χ3v) is 6.78. The molecule has 0 aliphatic heterocycles. The van der Waals surface area contributed by atoms with Gasteiger partial charge in [0.05, 0.1) is 8.07 Å². The molecule has 0 aromatic heterocycles. The molecule has 0 radical (unpaired) electrons. The van der Waals surface area contributed by atoms with Crippen molar-refractivity contribution in [3.63, 3.8) is 0 Å². The zero-order valence-corrected chi connectivity index (χ0v) is 12.2. The lowest BCUT2D eigenvalue weighted by Gasteiger charge is -2.23. The molecule has 0 unspecified atom stereocenters. The molecule has 0 amide bonds. The maximum atomic E-state index is 4.54. The van der Waals surface area contributed by atoms with Crippen LogP contribution < -0.4 is 5.19 Å². The standard InChI is InChI=1S/C15H18SSi/c1-17(2,14-9-4-3-5-10-14)12-13-8-6-7-11-15(13)16/h3-11,16H,12H2,1-2H3. The molecule has 2 rings (SSSR count). The van der Waals surface area contributed by atoms with Crippen molar-refractivity contribution >= 4 is 25.9 Å². The van der Waals surface area contributed by atoms with Crippen LogP contribution in [0.2, 0.25) is 13.1 Å². The van der Waals surface area contributed by atoms with Crippen molar-refractivity contribution in [2.75, 3.05) is 0 Å². The Labute approximate surface area is 110 Å². The van der Waals surface area contributed by atoms with Gasteiger partial charge in [-0.3, -0.25) is 0 Å². The van der Waals surface area contributed by atoms with Gasteiger partial charge in [0.25, 0.3) is 0 Å². The molecule has 0 aliphatic rings. The minimum Gasteiger partial charge on any atom is -0.143 e. The maximum absolute atomic E-state index is 4.54. The Bertz CT molecular complexity index is 491. The van der Waals surface area contributed by atoms with E-state index in [1.54, 1.807) is 0 Å². The van der Waals surface area contributed by atoms with Gasteiger partial charge in [0.1, 0.15) is 0 Å². The SMILES string of the molecule is C[Si](C)(Cc1ccccc1S)c1ccccc1. The average Bonchev–Trinajstić information content (AvgIpc) is 2.33. The van der Waals surface area contributed by atoms with Crippen molar-refractivity contribution in [2.45, 2.75) is 24.0 Å². The van der Waals surface area contributed by atoms with Gasteiger partial charge in [-0.1, -0.05) is 66.8 Å². The Hall–Kier alpha value is -0.993. The van der Waals surface area contributed by atoms with Gasteiger partial charge in [-0.2, -0.15) is 0 Å². The Morgan fingerprint density at radius 2 is 1.47 bits per heavy atom. The smallest absolute Gasteiger partial charge is 0.0849 e. The van der Waals surface area contributed by atoms with Crippen molar-refractivity contribution in [3.05, 3.63) is 60.2 Å². The molecule has 2 aromatic carbocycles. The van der Waals surface area contributed by atoms with Gasteiger partial charge in [-0.05, 0) is 17.7 Å². The summed E-state index contributed by atoms with van der Waals surface area (Å²) in [7, 11) is -1.40. The first-order chi connectivity index (χ1) is 8.09. The van der Waals surface area contributed by atoms with Gasteiger partial charge >= 0.3 is 0 Å². The van der Waals surface area contributed by atoms with Crippen LogP contribution in [0, 0.1) is 0 Å². The minimum absolute atomic E-state index is 1.11. The third-order valence-electron chi connectivity index (χ3n) is 3.18. The van der Waals surface area contributed by atoms with E-state index in [2.05, 4.69) is 74.3 Å². The molecule has 0 nitrogen and oxygen atoms in total. The van der Waals surface area contributed by atoms with Crippen LogP contribution in [0.25, 0.3) is 0 Å². The predicted octanol–water partition coefficient (Wildman–Crippen LogP) is 3.67. The van der Waals surface area contributed by atoms with Crippen LogP contribution in [0.5, 0.6) is 0 Å². The van der Waals surface area contributed by atoms with E-state index in [-0.39, 0.29) is 0 Å². The molecule has 17 heavy (non-hydrogen) atoms. The molecule has 0 heterocycles. The van der Waals surface area contributed by atoms with E-state index in [9.17, 15) is 0 Å². The summed E-state index contributed by atoms with van der Waals surface area (Å²) >= 11 is 4.54. The van der Waals surface area contributed by atoms with Gasteiger partial charge in [0.2, 0.25) is 0 Å². The number of thiol groups is 1. The molecule has 0 N–H and O–H groups in total. The molecule has 0 aliphatic carbocycles. The number of hydrogen-bond acceptors (Lipinski definition) is 1. The lowest BCUT2D eigenvalue weighted by atomic mass is 10.2. The maximum Gasteiger partial charge on any atom is 0.0849 e. The van der Waals surface area contributed by atoms with E-state index in [0.29, 0.717) is 0 Å². The summed E-state index contributed by atoms with van der Waals surface area (Å²) in [5.74, 6) is 0. The second-order valence-corrected chi connectivity index (χ2v) is 10.2. The highest BCUT2D eigenvalue weighted by atomic mass is 32.1. The van der Waals surface area contributed by atoms with E-state index in [1.165, 1.54) is 10.8 Å². The predicted molar refractivity (Wildman–Crippen MR) is 81.0 cm³/mol. The van der Waals surface area contributed by atoms with Gasteiger partial charge in [-0.25, -0.2) is 0 Å². The van der Waals surface area contributed by atoms with E-state index in [4.69, 9.17) is 0 Å². The molecular weight excluding hydrogens is 240 g/mol. The van der Waals surface area contributed by atoms with Crippen LogP contribution in [0.3, 0.4) is 0 Å². The molecular formula is C15H18SSi. The fourth-order valence-electron chi connectivity index (χ4n) is 2.13. The quantitative estimate of drug-likeness (QED) is 0.630. The second kappa shape index (κ2) is 5.11. The summed E-state index contributed by atoms with van der Waals surface area (Å²) in [6, 6.07) is 20.4. The molecule has 0 fully saturated rings. The molecule has 0 saturated carbocycles. The van der Waals surface area contributed by atoms with Gasteiger partial charge in [0, 0.05) is 4.90 Å². The second-order valence-electron chi connectivity index (χ2n) is 5.06. The van der Waals surface area contributed by atoms with E-state index < -0.39 is 8.07 Å². The minimum atomic E-state index is -1.40. The summed E-state index contributed by atoms with van der Waals surface area (Å²) < 4.78 is 0. The van der Waals surface area contributed by atoms with E-state index in [1.807, 2.05) is 6.07 Å². The largest absolute Gasteiger partial charge is 0.143 e. The molecule has 0 atom stereocenters. The fraction of sp³-hybridized carbons (Fsp3) is 0.200. The van der Waals surface area contributed by atoms with Crippen LogP contribution in [-0.4, -0.2) is 8.07 Å². The van der Waals surface area contributed by atoms with Gasteiger partial charge < -0.3 is 0 Å². The summed E-state index contributed by atoms with van der Waals surface area (Å²) in [5.41, 5.74) is 1.37. The summed E-state index contributed by atoms with van der Waals surface area (Å²) in [6.07, 6.45) is 0. The highest BCUT2D eigenvalue weighted by Crippen LogP contribution is 2.18.